The van der Waals surface area contributed by atoms with E-state index in [1.54, 1.807) is 0 Å². The molecule has 0 spiro atoms. The van der Waals surface area contributed by atoms with Crippen LogP contribution < -0.4 is 4.90 Å². The number of likely N-dealkylation sites (N-methyl/N-ethyl adjacent to an activating group) is 1. The van der Waals surface area contributed by atoms with Gasteiger partial charge in [0.2, 0.25) is 0 Å². The lowest BCUT2D eigenvalue weighted by molar-refractivity contribution is 0.875. The van der Waals surface area contributed by atoms with E-state index in [2.05, 4.69) is 57.2 Å². The number of hydrogen-bond acceptors (Lipinski definition) is 2. The predicted octanol–water partition coefficient (Wildman–Crippen LogP) is 4.13. The molecule has 0 heterocycles. The van der Waals surface area contributed by atoms with Gasteiger partial charge in [-0.15, -0.1) is 0 Å². The van der Waals surface area contributed by atoms with Crippen LogP contribution in [-0.2, 0) is 11.8 Å². The first kappa shape index (κ1) is 14.6. The maximum absolute atomic E-state index is 9.28. The lowest BCUT2D eigenvalue weighted by Gasteiger charge is -2.21. The van der Waals surface area contributed by atoms with Gasteiger partial charge in [-0.1, -0.05) is 52.3 Å². The van der Waals surface area contributed by atoms with Crippen LogP contribution in [0.15, 0.2) is 48.5 Å². The largest absolute Gasteiger partial charge is 0.373 e. The van der Waals surface area contributed by atoms with E-state index in [4.69, 9.17) is 0 Å². The summed E-state index contributed by atoms with van der Waals surface area (Å²) in [6.07, 6.45) is 0.975. The summed E-state index contributed by atoms with van der Waals surface area (Å²) in [7, 11) is 2.03. The standard InChI is InChI=1S/C17H17BrN2/c1-20(10-9-14-5-3-2-4-6-14)17-8-7-15(12-18)11-16(17)13-19/h2-8,11H,9-10,12H2,1H3. The third-order valence-corrected chi connectivity index (χ3v) is 3.97. The highest BCUT2D eigenvalue weighted by Gasteiger charge is 2.08. The molecule has 0 aliphatic rings. The lowest BCUT2D eigenvalue weighted by atomic mass is 10.1. The predicted molar refractivity (Wildman–Crippen MR) is 87.2 cm³/mol. The molecule has 2 nitrogen and oxygen atoms in total. The molecule has 0 radical (unpaired) electrons. The summed E-state index contributed by atoms with van der Waals surface area (Å²) in [4.78, 5) is 2.14. The fourth-order valence-electron chi connectivity index (χ4n) is 2.15. The second-order valence-electron chi connectivity index (χ2n) is 4.75. The molecule has 20 heavy (non-hydrogen) atoms. The average molecular weight is 329 g/mol. The van der Waals surface area contributed by atoms with Crippen LogP contribution in [0, 0.1) is 11.3 Å². The van der Waals surface area contributed by atoms with Crippen molar-refractivity contribution in [3.63, 3.8) is 0 Å². The first-order valence-electron chi connectivity index (χ1n) is 6.58. The molecule has 0 saturated carbocycles. The monoisotopic (exact) mass is 328 g/mol. The van der Waals surface area contributed by atoms with Gasteiger partial charge < -0.3 is 4.90 Å². The molecular weight excluding hydrogens is 312 g/mol. The Kier molecular flexibility index (Phi) is 5.20. The van der Waals surface area contributed by atoms with Crippen LogP contribution in [0.2, 0.25) is 0 Å². The molecule has 0 fully saturated rings. The number of anilines is 1. The summed E-state index contributed by atoms with van der Waals surface area (Å²) in [6, 6.07) is 18.7. The Labute approximate surface area is 128 Å². The van der Waals surface area contributed by atoms with Gasteiger partial charge >= 0.3 is 0 Å². The van der Waals surface area contributed by atoms with Gasteiger partial charge in [0, 0.05) is 18.9 Å². The molecule has 0 bridgehead atoms. The maximum atomic E-state index is 9.28. The molecule has 0 unspecified atom stereocenters. The molecule has 2 rings (SSSR count). The van der Waals surface area contributed by atoms with Crippen LogP contribution in [0.25, 0.3) is 0 Å². The number of rotatable bonds is 5. The SMILES string of the molecule is CN(CCc1ccccc1)c1ccc(CBr)cc1C#N. The summed E-state index contributed by atoms with van der Waals surface area (Å²) in [5.74, 6) is 0. The molecule has 0 aliphatic heterocycles. The van der Waals surface area contributed by atoms with Gasteiger partial charge in [-0.25, -0.2) is 0 Å². The number of halogens is 1. The highest BCUT2D eigenvalue weighted by Crippen LogP contribution is 2.21. The third-order valence-electron chi connectivity index (χ3n) is 3.33. The average Bonchev–Trinajstić information content (AvgIpc) is 2.52. The van der Waals surface area contributed by atoms with E-state index in [0.29, 0.717) is 0 Å². The Morgan fingerprint density at radius 3 is 2.50 bits per heavy atom. The van der Waals surface area contributed by atoms with Gasteiger partial charge in [-0.2, -0.15) is 5.26 Å². The van der Waals surface area contributed by atoms with Crippen molar-refractivity contribution in [3.8, 4) is 6.07 Å². The van der Waals surface area contributed by atoms with E-state index in [9.17, 15) is 5.26 Å². The zero-order chi connectivity index (χ0) is 14.4. The fourth-order valence-corrected chi connectivity index (χ4v) is 2.50. The van der Waals surface area contributed by atoms with E-state index in [-0.39, 0.29) is 0 Å². The smallest absolute Gasteiger partial charge is 0.101 e. The van der Waals surface area contributed by atoms with Gasteiger partial charge in [0.15, 0.2) is 0 Å². The van der Waals surface area contributed by atoms with Crippen molar-refractivity contribution in [2.45, 2.75) is 11.8 Å². The summed E-state index contributed by atoms with van der Waals surface area (Å²) < 4.78 is 0. The van der Waals surface area contributed by atoms with Crippen LogP contribution >= 0.6 is 15.9 Å². The normalized spacial score (nSPS) is 10.1. The second kappa shape index (κ2) is 7.12. The molecule has 0 saturated heterocycles. The van der Waals surface area contributed by atoms with Crippen LogP contribution in [0.5, 0.6) is 0 Å². The Morgan fingerprint density at radius 1 is 1.10 bits per heavy atom. The topological polar surface area (TPSA) is 27.0 Å². The van der Waals surface area contributed by atoms with Crippen LogP contribution in [0.1, 0.15) is 16.7 Å². The van der Waals surface area contributed by atoms with E-state index in [1.165, 1.54) is 5.56 Å². The lowest BCUT2D eigenvalue weighted by Crippen LogP contribution is -2.21. The van der Waals surface area contributed by atoms with Crippen LogP contribution in [-0.4, -0.2) is 13.6 Å². The molecule has 0 N–H and O–H groups in total. The minimum absolute atomic E-state index is 0.734. The second-order valence-corrected chi connectivity index (χ2v) is 5.31. The van der Waals surface area contributed by atoms with Crippen molar-refractivity contribution >= 4 is 21.6 Å². The molecule has 102 valence electrons. The Hall–Kier alpha value is -1.79. The Balaban J connectivity index is 2.09. The minimum Gasteiger partial charge on any atom is -0.373 e. The number of nitriles is 1. The minimum atomic E-state index is 0.734. The summed E-state index contributed by atoms with van der Waals surface area (Å²) in [6.45, 7) is 0.895. The van der Waals surface area contributed by atoms with E-state index < -0.39 is 0 Å². The molecule has 2 aromatic carbocycles. The van der Waals surface area contributed by atoms with Crippen molar-refractivity contribution in [1.29, 1.82) is 5.26 Å². The molecule has 2 aromatic rings. The van der Waals surface area contributed by atoms with Crippen molar-refractivity contribution in [2.24, 2.45) is 0 Å². The number of nitrogens with zero attached hydrogens (tertiary/aromatic N) is 2. The zero-order valence-electron chi connectivity index (χ0n) is 11.5. The number of alkyl halides is 1. The summed E-state index contributed by atoms with van der Waals surface area (Å²) in [5.41, 5.74) is 4.17. The Bertz CT molecular complexity index is 602. The highest BCUT2D eigenvalue weighted by atomic mass is 79.9. The van der Waals surface area contributed by atoms with E-state index in [1.807, 2.05) is 25.2 Å². The number of benzene rings is 2. The van der Waals surface area contributed by atoms with Crippen molar-refractivity contribution in [3.05, 3.63) is 65.2 Å². The molecule has 3 heteroatoms. The van der Waals surface area contributed by atoms with Crippen molar-refractivity contribution < 1.29 is 0 Å². The van der Waals surface area contributed by atoms with Gasteiger partial charge in [0.05, 0.1) is 11.3 Å². The van der Waals surface area contributed by atoms with Crippen LogP contribution in [0.4, 0.5) is 5.69 Å². The van der Waals surface area contributed by atoms with Crippen LogP contribution in [0.3, 0.4) is 0 Å². The van der Waals surface area contributed by atoms with Gasteiger partial charge in [-0.05, 0) is 29.7 Å². The molecule has 0 aromatic heterocycles. The molecule has 0 atom stereocenters. The van der Waals surface area contributed by atoms with Crippen molar-refractivity contribution in [2.75, 3.05) is 18.5 Å². The molecule has 0 amide bonds. The summed E-state index contributed by atoms with van der Waals surface area (Å²) in [5, 5.41) is 10.1. The molecule has 0 aliphatic carbocycles. The van der Waals surface area contributed by atoms with E-state index in [0.717, 1.165) is 35.1 Å². The van der Waals surface area contributed by atoms with E-state index >= 15 is 0 Å². The molecular formula is C17H17BrN2. The fraction of sp³-hybridized carbons (Fsp3) is 0.235. The third kappa shape index (κ3) is 3.61. The zero-order valence-corrected chi connectivity index (χ0v) is 13.1. The maximum Gasteiger partial charge on any atom is 0.101 e. The summed E-state index contributed by atoms with van der Waals surface area (Å²) >= 11 is 3.42. The first-order chi connectivity index (χ1) is 9.74. The van der Waals surface area contributed by atoms with Gasteiger partial charge in [0.1, 0.15) is 6.07 Å². The quantitative estimate of drug-likeness (QED) is 0.771. The highest BCUT2D eigenvalue weighted by molar-refractivity contribution is 9.08. The van der Waals surface area contributed by atoms with Crippen molar-refractivity contribution in [1.82, 2.24) is 0 Å². The first-order valence-corrected chi connectivity index (χ1v) is 7.71. The van der Waals surface area contributed by atoms with Gasteiger partial charge in [-0.3, -0.25) is 0 Å². The van der Waals surface area contributed by atoms with Gasteiger partial charge in [0.25, 0.3) is 0 Å². The number of hydrogen-bond donors (Lipinski definition) is 0. The Morgan fingerprint density at radius 2 is 1.85 bits per heavy atom.